The Kier molecular flexibility index (Phi) is 5.97. The molecule has 0 bridgehead atoms. The molecule has 2 atom stereocenters. The number of esters is 3. The molecule has 0 aromatic carbocycles. The Hall–Kier alpha value is -1.85. The lowest BCUT2D eigenvalue weighted by molar-refractivity contribution is -0.189. The zero-order valence-corrected chi connectivity index (χ0v) is 14.7. The Morgan fingerprint density at radius 3 is 2.35 bits per heavy atom. The maximum atomic E-state index is 12.8. The zero-order chi connectivity index (χ0) is 17.8. The summed E-state index contributed by atoms with van der Waals surface area (Å²) >= 11 is 0. The summed E-state index contributed by atoms with van der Waals surface area (Å²) in [6.07, 6.45) is 2.16. The van der Waals surface area contributed by atoms with Crippen molar-refractivity contribution in [1.82, 2.24) is 0 Å². The molecule has 0 aliphatic heterocycles. The fourth-order valence-corrected chi connectivity index (χ4v) is 2.76. The van der Waals surface area contributed by atoms with E-state index in [-0.39, 0.29) is 19.4 Å². The van der Waals surface area contributed by atoms with Crippen molar-refractivity contribution >= 4 is 17.9 Å². The van der Waals surface area contributed by atoms with E-state index in [0.29, 0.717) is 0 Å². The van der Waals surface area contributed by atoms with Gasteiger partial charge in [0.05, 0.1) is 19.6 Å². The van der Waals surface area contributed by atoms with Crippen LogP contribution in [0.5, 0.6) is 0 Å². The van der Waals surface area contributed by atoms with E-state index < -0.39 is 34.8 Å². The Balaban J connectivity index is 3.37. The monoisotopic (exact) mass is 326 g/mol. The fraction of sp³-hybridized carbons (Fsp3) is 0.706. The average Bonchev–Trinajstić information content (AvgIpc) is 2.44. The number of hydrogen-bond acceptors (Lipinski definition) is 6. The van der Waals surface area contributed by atoms with Crippen molar-refractivity contribution in [1.29, 1.82) is 0 Å². The van der Waals surface area contributed by atoms with E-state index in [4.69, 9.17) is 14.2 Å². The van der Waals surface area contributed by atoms with Crippen LogP contribution in [0.3, 0.4) is 0 Å². The van der Waals surface area contributed by atoms with Gasteiger partial charge in [0.2, 0.25) is 0 Å². The number of carbonyl (C=O) groups excluding carboxylic acids is 3. The van der Waals surface area contributed by atoms with E-state index in [1.165, 1.54) is 7.11 Å². The lowest BCUT2D eigenvalue weighted by Gasteiger charge is -2.38. The van der Waals surface area contributed by atoms with Crippen LogP contribution in [-0.4, -0.2) is 37.2 Å². The minimum Gasteiger partial charge on any atom is -0.468 e. The molecule has 0 amide bonds. The van der Waals surface area contributed by atoms with Crippen molar-refractivity contribution in [2.45, 2.75) is 53.1 Å². The molecular formula is C17H26O6. The smallest absolute Gasteiger partial charge is 0.325 e. The van der Waals surface area contributed by atoms with Gasteiger partial charge in [0.1, 0.15) is 5.60 Å². The van der Waals surface area contributed by atoms with E-state index >= 15 is 0 Å². The molecule has 0 fully saturated rings. The normalized spacial score (nSPS) is 24.4. The van der Waals surface area contributed by atoms with Crippen molar-refractivity contribution in [2.24, 2.45) is 11.3 Å². The highest BCUT2D eigenvalue weighted by atomic mass is 16.6. The maximum absolute atomic E-state index is 12.8. The molecule has 1 aliphatic rings. The summed E-state index contributed by atoms with van der Waals surface area (Å²) in [4.78, 5) is 37.7. The molecule has 6 heteroatoms. The minimum atomic E-state index is -1.70. The van der Waals surface area contributed by atoms with Gasteiger partial charge in [0, 0.05) is 0 Å². The van der Waals surface area contributed by atoms with Crippen LogP contribution < -0.4 is 0 Å². The van der Waals surface area contributed by atoms with E-state index in [2.05, 4.69) is 0 Å². The van der Waals surface area contributed by atoms with Crippen molar-refractivity contribution in [3.8, 4) is 0 Å². The molecule has 0 unspecified atom stereocenters. The number of rotatable bonds is 4. The second-order valence-electron chi connectivity index (χ2n) is 6.73. The van der Waals surface area contributed by atoms with Gasteiger partial charge in [0.15, 0.2) is 5.41 Å². The number of hydrogen-bond donors (Lipinski definition) is 0. The highest BCUT2D eigenvalue weighted by molar-refractivity contribution is 6.04. The molecule has 0 saturated heterocycles. The van der Waals surface area contributed by atoms with Gasteiger partial charge in [-0.05, 0) is 47.5 Å². The van der Waals surface area contributed by atoms with E-state index in [1.807, 2.05) is 13.0 Å². The van der Waals surface area contributed by atoms with Crippen LogP contribution in [0.15, 0.2) is 11.6 Å². The minimum absolute atomic E-state index is 0.0814. The Morgan fingerprint density at radius 1 is 1.26 bits per heavy atom. The Labute approximate surface area is 137 Å². The van der Waals surface area contributed by atoms with Crippen molar-refractivity contribution in [3.63, 3.8) is 0 Å². The van der Waals surface area contributed by atoms with Crippen LogP contribution in [0.2, 0.25) is 0 Å². The van der Waals surface area contributed by atoms with Crippen LogP contribution in [0, 0.1) is 11.3 Å². The largest absolute Gasteiger partial charge is 0.468 e. The topological polar surface area (TPSA) is 78.9 Å². The molecule has 0 aromatic heterocycles. The third kappa shape index (κ3) is 4.12. The summed E-state index contributed by atoms with van der Waals surface area (Å²) in [7, 11) is 1.20. The molecule has 0 aromatic rings. The molecule has 0 saturated carbocycles. The lowest BCUT2D eigenvalue weighted by Crippen LogP contribution is -2.53. The molecule has 0 heterocycles. The maximum Gasteiger partial charge on any atom is 0.325 e. The quantitative estimate of drug-likeness (QED) is 0.342. The third-order valence-electron chi connectivity index (χ3n) is 3.74. The molecular weight excluding hydrogens is 300 g/mol. The van der Waals surface area contributed by atoms with Gasteiger partial charge in [-0.1, -0.05) is 11.6 Å². The van der Waals surface area contributed by atoms with Crippen molar-refractivity contribution in [3.05, 3.63) is 11.6 Å². The predicted molar refractivity (Wildman–Crippen MR) is 83.4 cm³/mol. The van der Waals surface area contributed by atoms with Gasteiger partial charge in [-0.15, -0.1) is 0 Å². The second kappa shape index (κ2) is 7.15. The van der Waals surface area contributed by atoms with Crippen molar-refractivity contribution < 1.29 is 28.6 Å². The first-order chi connectivity index (χ1) is 10.6. The van der Waals surface area contributed by atoms with E-state index in [1.54, 1.807) is 27.7 Å². The summed E-state index contributed by atoms with van der Waals surface area (Å²) in [5.74, 6) is -3.06. The van der Waals surface area contributed by atoms with Gasteiger partial charge in [0.25, 0.3) is 0 Å². The van der Waals surface area contributed by atoms with Crippen LogP contribution in [0.25, 0.3) is 0 Å². The Morgan fingerprint density at radius 2 is 1.87 bits per heavy atom. The first-order valence-corrected chi connectivity index (χ1v) is 7.72. The van der Waals surface area contributed by atoms with Crippen LogP contribution in [0.4, 0.5) is 0 Å². The third-order valence-corrected chi connectivity index (χ3v) is 3.74. The molecule has 1 aliphatic carbocycles. The highest BCUT2D eigenvalue weighted by Gasteiger charge is 2.59. The molecule has 0 radical (unpaired) electrons. The Bertz CT molecular complexity index is 514. The predicted octanol–water partition coefficient (Wildman–Crippen LogP) is 2.41. The summed E-state index contributed by atoms with van der Waals surface area (Å²) in [5.41, 5.74) is -1.65. The van der Waals surface area contributed by atoms with Gasteiger partial charge in [-0.25, -0.2) is 0 Å². The SMILES string of the molecule is CCOC(=O)[C@H]1CC=C(C)C[C@@]1(C(=O)OC)C(=O)OC(C)(C)C. The summed E-state index contributed by atoms with van der Waals surface area (Å²) in [6, 6.07) is 0. The number of methoxy groups -OCH3 is 1. The molecule has 130 valence electrons. The fourth-order valence-electron chi connectivity index (χ4n) is 2.76. The number of carbonyl (C=O) groups is 3. The summed E-state index contributed by atoms with van der Waals surface area (Å²) in [5, 5.41) is 0. The first kappa shape index (κ1) is 19.2. The zero-order valence-electron chi connectivity index (χ0n) is 14.7. The standard InChI is InChI=1S/C17H26O6/c1-7-22-13(18)12-9-8-11(2)10-17(12,14(19)21-6)15(20)23-16(3,4)5/h8,12H,7,9-10H2,1-6H3/t12-,17-/m1/s1. The highest BCUT2D eigenvalue weighted by Crippen LogP contribution is 2.44. The molecule has 23 heavy (non-hydrogen) atoms. The van der Waals surface area contributed by atoms with Crippen molar-refractivity contribution in [2.75, 3.05) is 13.7 Å². The summed E-state index contributed by atoms with van der Waals surface area (Å²) in [6.45, 7) is 8.78. The van der Waals surface area contributed by atoms with Gasteiger partial charge in [-0.2, -0.15) is 0 Å². The van der Waals surface area contributed by atoms with Crippen LogP contribution >= 0.6 is 0 Å². The van der Waals surface area contributed by atoms with Gasteiger partial charge in [-0.3, -0.25) is 14.4 Å². The van der Waals surface area contributed by atoms with Crippen LogP contribution in [-0.2, 0) is 28.6 Å². The average molecular weight is 326 g/mol. The van der Waals surface area contributed by atoms with E-state index in [0.717, 1.165) is 5.57 Å². The lowest BCUT2D eigenvalue weighted by atomic mass is 9.66. The second-order valence-corrected chi connectivity index (χ2v) is 6.73. The van der Waals surface area contributed by atoms with Gasteiger partial charge < -0.3 is 14.2 Å². The van der Waals surface area contributed by atoms with Crippen LogP contribution in [0.1, 0.15) is 47.5 Å². The molecule has 6 nitrogen and oxygen atoms in total. The molecule has 0 spiro atoms. The first-order valence-electron chi connectivity index (χ1n) is 7.72. The molecule has 0 N–H and O–H groups in total. The number of allylic oxidation sites excluding steroid dienone is 2. The van der Waals surface area contributed by atoms with E-state index in [9.17, 15) is 14.4 Å². The van der Waals surface area contributed by atoms with Gasteiger partial charge >= 0.3 is 17.9 Å². The molecule has 1 rings (SSSR count). The summed E-state index contributed by atoms with van der Waals surface area (Å²) < 4.78 is 15.4. The number of ether oxygens (including phenoxy) is 3.